The van der Waals surface area contributed by atoms with Crippen LogP contribution in [0.2, 0.25) is 5.02 Å². The Bertz CT molecular complexity index is 1580. The van der Waals surface area contributed by atoms with Gasteiger partial charge in [0.15, 0.2) is 0 Å². The number of fused-ring (bicyclic) bond motifs is 3. The van der Waals surface area contributed by atoms with Crippen LogP contribution in [0.15, 0.2) is 126 Å². The SMILES string of the molecule is OC(c1ccccc1)(c1ccccc1)c1ccc(Cl)cc1-c1cccc2c1oc1ccccc12. The minimum Gasteiger partial charge on any atom is -0.455 e. The standard InChI is InChI=1S/C31H21ClO2/c32-23-18-19-28(31(33,21-10-3-1-4-11-21)22-12-5-2-6-13-22)27(20-23)26-16-9-15-25-24-14-7-8-17-29(24)34-30(25)26/h1-20,33H. The molecule has 6 aromatic rings. The molecule has 3 heteroatoms. The molecule has 0 saturated carbocycles. The lowest BCUT2D eigenvalue weighted by Crippen LogP contribution is -2.29. The average Bonchev–Trinajstić information content (AvgIpc) is 3.28. The second-order valence-electron chi connectivity index (χ2n) is 8.41. The summed E-state index contributed by atoms with van der Waals surface area (Å²) in [4.78, 5) is 0. The van der Waals surface area contributed by atoms with Crippen molar-refractivity contribution in [2.24, 2.45) is 0 Å². The normalized spacial score (nSPS) is 11.8. The van der Waals surface area contributed by atoms with Crippen LogP contribution in [0, 0.1) is 0 Å². The lowest BCUT2D eigenvalue weighted by molar-refractivity contribution is 0.126. The van der Waals surface area contributed by atoms with E-state index in [2.05, 4.69) is 12.1 Å². The van der Waals surface area contributed by atoms with Crippen molar-refractivity contribution in [1.82, 2.24) is 0 Å². The number of benzene rings is 5. The molecule has 0 spiro atoms. The van der Waals surface area contributed by atoms with Gasteiger partial charge in [-0.05, 0) is 34.9 Å². The van der Waals surface area contributed by atoms with Gasteiger partial charge in [-0.25, -0.2) is 0 Å². The molecule has 34 heavy (non-hydrogen) atoms. The monoisotopic (exact) mass is 460 g/mol. The summed E-state index contributed by atoms with van der Waals surface area (Å²) < 4.78 is 6.33. The van der Waals surface area contributed by atoms with Gasteiger partial charge >= 0.3 is 0 Å². The Balaban J connectivity index is 1.69. The van der Waals surface area contributed by atoms with Gasteiger partial charge in [0.2, 0.25) is 0 Å². The van der Waals surface area contributed by atoms with Gasteiger partial charge in [0.05, 0.1) is 0 Å². The maximum absolute atomic E-state index is 12.5. The number of halogens is 1. The molecule has 6 rings (SSSR count). The van der Waals surface area contributed by atoms with Gasteiger partial charge < -0.3 is 9.52 Å². The average molecular weight is 461 g/mol. The summed E-state index contributed by atoms with van der Waals surface area (Å²) in [5.74, 6) is 0. The fourth-order valence-electron chi connectivity index (χ4n) is 4.85. The molecular formula is C31H21ClO2. The molecule has 0 amide bonds. The molecule has 0 saturated heterocycles. The zero-order valence-corrected chi connectivity index (χ0v) is 19.0. The molecule has 0 aliphatic carbocycles. The van der Waals surface area contributed by atoms with Crippen molar-refractivity contribution in [3.8, 4) is 11.1 Å². The van der Waals surface area contributed by atoms with Crippen LogP contribution in [0.25, 0.3) is 33.1 Å². The van der Waals surface area contributed by atoms with E-state index in [9.17, 15) is 5.11 Å². The molecule has 2 nitrogen and oxygen atoms in total. The highest BCUT2D eigenvalue weighted by Gasteiger charge is 2.36. The van der Waals surface area contributed by atoms with E-state index in [1.54, 1.807) is 0 Å². The van der Waals surface area contributed by atoms with Gasteiger partial charge in [-0.2, -0.15) is 0 Å². The Kier molecular flexibility index (Phi) is 4.99. The summed E-state index contributed by atoms with van der Waals surface area (Å²) in [5.41, 5.74) is 4.22. The molecular weight excluding hydrogens is 440 g/mol. The zero-order valence-electron chi connectivity index (χ0n) is 18.3. The first-order valence-corrected chi connectivity index (χ1v) is 11.6. The zero-order chi connectivity index (χ0) is 23.1. The van der Waals surface area contributed by atoms with Crippen molar-refractivity contribution in [1.29, 1.82) is 0 Å². The predicted molar refractivity (Wildman–Crippen MR) is 139 cm³/mol. The molecule has 0 fully saturated rings. The van der Waals surface area contributed by atoms with E-state index in [4.69, 9.17) is 16.0 Å². The Morgan fingerprint density at radius 1 is 0.588 bits per heavy atom. The van der Waals surface area contributed by atoms with E-state index in [1.807, 2.05) is 109 Å². The van der Waals surface area contributed by atoms with Crippen LogP contribution in [-0.4, -0.2) is 5.11 Å². The van der Waals surface area contributed by atoms with Gasteiger partial charge in [0.1, 0.15) is 16.8 Å². The third-order valence-corrected chi connectivity index (χ3v) is 6.68. The lowest BCUT2D eigenvalue weighted by atomic mass is 9.77. The Labute approximate surface area is 202 Å². The van der Waals surface area contributed by atoms with Crippen LogP contribution in [0.3, 0.4) is 0 Å². The van der Waals surface area contributed by atoms with Gasteiger partial charge in [-0.3, -0.25) is 0 Å². The first-order chi connectivity index (χ1) is 16.7. The number of hydrogen-bond donors (Lipinski definition) is 1. The number of furan rings is 1. The fraction of sp³-hybridized carbons (Fsp3) is 0.0323. The van der Waals surface area contributed by atoms with Crippen LogP contribution in [0.4, 0.5) is 0 Å². The third-order valence-electron chi connectivity index (χ3n) is 6.45. The molecule has 164 valence electrons. The van der Waals surface area contributed by atoms with E-state index >= 15 is 0 Å². The molecule has 0 aliphatic heterocycles. The first-order valence-electron chi connectivity index (χ1n) is 11.2. The highest BCUT2D eigenvalue weighted by molar-refractivity contribution is 6.31. The van der Waals surface area contributed by atoms with E-state index < -0.39 is 5.60 Å². The largest absolute Gasteiger partial charge is 0.455 e. The van der Waals surface area contributed by atoms with Crippen molar-refractivity contribution < 1.29 is 9.52 Å². The molecule has 0 unspecified atom stereocenters. The molecule has 1 N–H and O–H groups in total. The molecule has 5 aromatic carbocycles. The van der Waals surface area contributed by atoms with Crippen molar-refractivity contribution in [2.75, 3.05) is 0 Å². The van der Waals surface area contributed by atoms with Crippen LogP contribution in [0.1, 0.15) is 16.7 Å². The summed E-state index contributed by atoms with van der Waals surface area (Å²) in [6.07, 6.45) is 0. The minimum absolute atomic E-state index is 0.593. The summed E-state index contributed by atoms with van der Waals surface area (Å²) in [7, 11) is 0. The highest BCUT2D eigenvalue weighted by Crippen LogP contribution is 2.45. The van der Waals surface area contributed by atoms with Crippen LogP contribution in [0.5, 0.6) is 0 Å². The maximum atomic E-state index is 12.5. The molecule has 0 atom stereocenters. The molecule has 0 radical (unpaired) electrons. The Morgan fingerprint density at radius 2 is 1.21 bits per heavy atom. The first kappa shape index (κ1) is 20.7. The van der Waals surface area contributed by atoms with Gasteiger partial charge in [-0.1, -0.05) is 115 Å². The fourth-order valence-corrected chi connectivity index (χ4v) is 5.02. The van der Waals surface area contributed by atoms with Crippen LogP contribution in [-0.2, 0) is 5.60 Å². The summed E-state index contributed by atoms with van der Waals surface area (Å²) in [6, 6.07) is 39.3. The van der Waals surface area contributed by atoms with E-state index in [0.29, 0.717) is 5.02 Å². The number of aliphatic hydroxyl groups is 1. The minimum atomic E-state index is -1.39. The number of hydrogen-bond acceptors (Lipinski definition) is 2. The number of rotatable bonds is 4. The summed E-state index contributed by atoms with van der Waals surface area (Å²) in [6.45, 7) is 0. The van der Waals surface area contributed by atoms with Crippen molar-refractivity contribution in [3.63, 3.8) is 0 Å². The molecule has 0 bridgehead atoms. The summed E-state index contributed by atoms with van der Waals surface area (Å²) in [5, 5.41) is 15.2. The lowest BCUT2D eigenvalue weighted by Gasteiger charge is -2.32. The summed E-state index contributed by atoms with van der Waals surface area (Å²) >= 11 is 6.53. The van der Waals surface area contributed by atoms with Gasteiger partial charge in [0, 0.05) is 26.9 Å². The molecule has 1 aromatic heterocycles. The number of para-hydroxylation sites is 2. The second-order valence-corrected chi connectivity index (χ2v) is 8.85. The van der Waals surface area contributed by atoms with Crippen molar-refractivity contribution in [3.05, 3.63) is 143 Å². The van der Waals surface area contributed by atoms with E-state index in [1.165, 1.54) is 0 Å². The van der Waals surface area contributed by atoms with Crippen molar-refractivity contribution >= 4 is 33.5 Å². The van der Waals surface area contributed by atoms with Crippen LogP contribution >= 0.6 is 11.6 Å². The van der Waals surface area contributed by atoms with E-state index in [0.717, 1.165) is 49.8 Å². The third kappa shape index (κ3) is 3.23. The Morgan fingerprint density at radius 3 is 1.91 bits per heavy atom. The predicted octanol–water partition coefficient (Wildman–Crippen LogP) is 8.19. The maximum Gasteiger partial charge on any atom is 0.143 e. The van der Waals surface area contributed by atoms with Crippen LogP contribution < -0.4 is 0 Å². The van der Waals surface area contributed by atoms with E-state index in [-0.39, 0.29) is 0 Å². The van der Waals surface area contributed by atoms with Crippen molar-refractivity contribution in [2.45, 2.75) is 5.60 Å². The molecule has 0 aliphatic rings. The van der Waals surface area contributed by atoms with Gasteiger partial charge in [-0.15, -0.1) is 0 Å². The topological polar surface area (TPSA) is 33.4 Å². The Hall–Kier alpha value is -3.85. The highest BCUT2D eigenvalue weighted by atomic mass is 35.5. The quantitative estimate of drug-likeness (QED) is 0.269. The smallest absolute Gasteiger partial charge is 0.143 e. The molecule has 1 heterocycles. The van der Waals surface area contributed by atoms with Gasteiger partial charge in [0.25, 0.3) is 0 Å². The second kappa shape index (κ2) is 8.18.